The van der Waals surface area contributed by atoms with Crippen LogP contribution in [-0.4, -0.2) is 32.3 Å². The molecule has 0 fully saturated rings. The minimum atomic E-state index is -5.15. The van der Waals surface area contributed by atoms with E-state index in [-0.39, 0.29) is 0 Å². The standard InChI is InChI=1S/C16H17F3O4/c1-11-6-4-7-12(10-11)8-5-9-15(13(20)22-2,14(21)23-3)16(17,18)19/h4-8,10H,9H2,1-3H3/b8-5+. The van der Waals surface area contributed by atoms with Crippen LogP contribution in [0.5, 0.6) is 0 Å². The van der Waals surface area contributed by atoms with Gasteiger partial charge in [0.2, 0.25) is 0 Å². The normalized spacial score (nSPS) is 12.3. The van der Waals surface area contributed by atoms with Crippen molar-refractivity contribution in [1.29, 1.82) is 0 Å². The monoisotopic (exact) mass is 330 g/mol. The van der Waals surface area contributed by atoms with Gasteiger partial charge in [-0.2, -0.15) is 13.2 Å². The van der Waals surface area contributed by atoms with Crippen molar-refractivity contribution in [3.63, 3.8) is 0 Å². The largest absolute Gasteiger partial charge is 0.468 e. The molecule has 0 bridgehead atoms. The Labute approximate surface area is 131 Å². The van der Waals surface area contributed by atoms with Crippen LogP contribution in [-0.2, 0) is 19.1 Å². The van der Waals surface area contributed by atoms with Gasteiger partial charge in [0.05, 0.1) is 14.2 Å². The first kappa shape index (κ1) is 18.7. The molecule has 1 aromatic rings. The third-order valence-corrected chi connectivity index (χ3v) is 3.33. The van der Waals surface area contributed by atoms with E-state index in [0.717, 1.165) is 25.9 Å². The smallest absolute Gasteiger partial charge is 0.415 e. The second kappa shape index (κ2) is 7.30. The minimum Gasteiger partial charge on any atom is -0.468 e. The molecule has 4 nitrogen and oxygen atoms in total. The molecule has 1 rings (SSSR count). The Morgan fingerprint density at radius 3 is 2.13 bits per heavy atom. The van der Waals surface area contributed by atoms with E-state index in [4.69, 9.17) is 0 Å². The van der Waals surface area contributed by atoms with Crippen LogP contribution in [0.1, 0.15) is 17.5 Å². The van der Waals surface area contributed by atoms with Crippen molar-refractivity contribution >= 4 is 18.0 Å². The highest BCUT2D eigenvalue weighted by Gasteiger charge is 2.67. The molecule has 0 radical (unpaired) electrons. The van der Waals surface area contributed by atoms with E-state index in [2.05, 4.69) is 9.47 Å². The van der Waals surface area contributed by atoms with Crippen LogP contribution in [0.4, 0.5) is 13.2 Å². The molecular weight excluding hydrogens is 313 g/mol. The fourth-order valence-corrected chi connectivity index (χ4v) is 2.09. The Bertz CT molecular complexity index is 590. The molecule has 0 unspecified atom stereocenters. The molecule has 0 atom stereocenters. The number of methoxy groups -OCH3 is 2. The Hall–Kier alpha value is -2.31. The maximum atomic E-state index is 13.4. The summed E-state index contributed by atoms with van der Waals surface area (Å²) in [7, 11) is 1.58. The third kappa shape index (κ3) is 3.91. The summed E-state index contributed by atoms with van der Waals surface area (Å²) in [5.41, 5.74) is -1.80. The molecule has 0 spiro atoms. The van der Waals surface area contributed by atoms with E-state index in [0.29, 0.717) is 5.56 Å². The lowest BCUT2D eigenvalue weighted by molar-refractivity contribution is -0.237. The van der Waals surface area contributed by atoms with Gasteiger partial charge in [0.1, 0.15) is 0 Å². The van der Waals surface area contributed by atoms with Crippen molar-refractivity contribution in [3.05, 3.63) is 41.5 Å². The van der Waals surface area contributed by atoms with Crippen molar-refractivity contribution in [2.75, 3.05) is 14.2 Å². The average Bonchev–Trinajstić information content (AvgIpc) is 2.49. The molecule has 0 heterocycles. The highest BCUT2D eigenvalue weighted by atomic mass is 19.4. The summed E-state index contributed by atoms with van der Waals surface area (Å²) in [4.78, 5) is 23.4. The van der Waals surface area contributed by atoms with Crippen molar-refractivity contribution < 1.29 is 32.2 Å². The van der Waals surface area contributed by atoms with Crippen LogP contribution in [0.15, 0.2) is 30.3 Å². The number of benzene rings is 1. The van der Waals surface area contributed by atoms with Crippen LogP contribution in [0.2, 0.25) is 0 Å². The van der Waals surface area contributed by atoms with Crippen molar-refractivity contribution in [2.45, 2.75) is 19.5 Å². The Morgan fingerprint density at radius 1 is 1.13 bits per heavy atom. The van der Waals surface area contributed by atoms with E-state index >= 15 is 0 Å². The highest BCUT2D eigenvalue weighted by molar-refractivity contribution is 6.01. The molecular formula is C16H17F3O4. The first-order chi connectivity index (χ1) is 10.7. The molecule has 0 aliphatic rings. The Kier molecular flexibility index (Phi) is 5.95. The number of carbonyl (C=O) groups excluding carboxylic acids is 2. The van der Waals surface area contributed by atoms with Gasteiger partial charge in [0.25, 0.3) is 5.41 Å². The predicted octanol–water partition coefficient (Wildman–Crippen LogP) is 3.29. The summed E-state index contributed by atoms with van der Waals surface area (Å²) >= 11 is 0. The van der Waals surface area contributed by atoms with Crippen molar-refractivity contribution in [2.24, 2.45) is 5.41 Å². The van der Waals surface area contributed by atoms with Gasteiger partial charge in [-0.1, -0.05) is 42.0 Å². The van der Waals surface area contributed by atoms with Gasteiger partial charge in [-0.05, 0) is 12.5 Å². The van der Waals surface area contributed by atoms with Gasteiger partial charge in [-0.25, -0.2) is 0 Å². The van der Waals surface area contributed by atoms with Crippen LogP contribution in [0, 0.1) is 12.3 Å². The lowest BCUT2D eigenvalue weighted by Crippen LogP contribution is -2.52. The van der Waals surface area contributed by atoms with E-state index in [1.165, 1.54) is 6.08 Å². The predicted molar refractivity (Wildman–Crippen MR) is 77.4 cm³/mol. The number of halogens is 3. The van der Waals surface area contributed by atoms with Crippen LogP contribution < -0.4 is 0 Å². The van der Waals surface area contributed by atoms with E-state index in [9.17, 15) is 22.8 Å². The second-order valence-electron chi connectivity index (χ2n) is 4.91. The number of hydrogen-bond donors (Lipinski definition) is 0. The van der Waals surface area contributed by atoms with Crippen LogP contribution in [0.25, 0.3) is 6.08 Å². The van der Waals surface area contributed by atoms with Gasteiger partial charge in [-0.15, -0.1) is 0 Å². The lowest BCUT2D eigenvalue weighted by atomic mass is 9.83. The summed E-state index contributed by atoms with van der Waals surface area (Å²) < 4.78 is 48.6. The van der Waals surface area contributed by atoms with Gasteiger partial charge in [0, 0.05) is 6.42 Å². The maximum absolute atomic E-state index is 13.4. The van der Waals surface area contributed by atoms with Crippen molar-refractivity contribution in [1.82, 2.24) is 0 Å². The third-order valence-electron chi connectivity index (χ3n) is 3.33. The first-order valence-electron chi connectivity index (χ1n) is 6.66. The van der Waals surface area contributed by atoms with E-state index in [1.54, 1.807) is 18.2 Å². The van der Waals surface area contributed by atoms with Crippen LogP contribution >= 0.6 is 0 Å². The quantitative estimate of drug-likeness (QED) is 0.614. The molecule has 0 saturated heterocycles. The number of allylic oxidation sites excluding steroid dienone is 1. The molecule has 126 valence electrons. The molecule has 0 aromatic heterocycles. The summed E-state index contributed by atoms with van der Waals surface area (Å²) in [6, 6.07) is 7.02. The van der Waals surface area contributed by atoms with Gasteiger partial charge in [0.15, 0.2) is 0 Å². The molecule has 0 amide bonds. The number of carbonyl (C=O) groups is 2. The van der Waals surface area contributed by atoms with Crippen LogP contribution in [0.3, 0.4) is 0 Å². The fourth-order valence-electron chi connectivity index (χ4n) is 2.09. The number of esters is 2. The number of aryl methyl sites for hydroxylation is 1. The molecule has 0 aliphatic heterocycles. The van der Waals surface area contributed by atoms with E-state index < -0.39 is 30.0 Å². The lowest BCUT2D eigenvalue weighted by Gasteiger charge is -2.29. The second-order valence-corrected chi connectivity index (χ2v) is 4.91. The fraction of sp³-hybridized carbons (Fsp3) is 0.375. The zero-order valence-electron chi connectivity index (χ0n) is 12.9. The topological polar surface area (TPSA) is 52.6 Å². The molecule has 1 aromatic carbocycles. The Morgan fingerprint density at radius 2 is 1.70 bits per heavy atom. The number of rotatable bonds is 5. The Balaban J connectivity index is 3.20. The van der Waals surface area contributed by atoms with Gasteiger partial charge < -0.3 is 9.47 Å². The zero-order valence-corrected chi connectivity index (χ0v) is 12.9. The average molecular weight is 330 g/mol. The number of alkyl halides is 3. The minimum absolute atomic E-state index is 0.649. The summed E-state index contributed by atoms with van der Waals surface area (Å²) in [6.45, 7) is 1.83. The molecule has 0 N–H and O–H groups in total. The number of ether oxygens (including phenoxy) is 2. The van der Waals surface area contributed by atoms with Crippen molar-refractivity contribution in [3.8, 4) is 0 Å². The zero-order chi connectivity index (χ0) is 17.7. The SMILES string of the molecule is COC(=O)C(C/C=C/c1cccc(C)c1)(C(=O)OC)C(F)(F)F. The molecule has 0 saturated carbocycles. The summed E-state index contributed by atoms with van der Waals surface area (Å²) in [6.07, 6.45) is -3.55. The summed E-state index contributed by atoms with van der Waals surface area (Å²) in [5, 5.41) is 0. The number of hydrogen-bond acceptors (Lipinski definition) is 4. The molecule has 0 aliphatic carbocycles. The van der Waals surface area contributed by atoms with Gasteiger partial charge >= 0.3 is 18.1 Å². The molecule has 7 heteroatoms. The first-order valence-corrected chi connectivity index (χ1v) is 6.66. The summed E-state index contributed by atoms with van der Waals surface area (Å²) in [5.74, 6) is -3.41. The highest BCUT2D eigenvalue weighted by Crippen LogP contribution is 2.44. The van der Waals surface area contributed by atoms with E-state index in [1.807, 2.05) is 13.0 Å². The molecule has 23 heavy (non-hydrogen) atoms. The van der Waals surface area contributed by atoms with Gasteiger partial charge in [-0.3, -0.25) is 9.59 Å². The maximum Gasteiger partial charge on any atom is 0.415 e.